The molecular formula is C22H24Cl4N4O6. The van der Waals surface area contributed by atoms with Gasteiger partial charge in [-0.25, -0.2) is 0 Å². The fourth-order valence-corrected chi connectivity index (χ4v) is 3.25. The van der Waals surface area contributed by atoms with Crippen LogP contribution in [0.1, 0.15) is 23.3 Å². The summed E-state index contributed by atoms with van der Waals surface area (Å²) < 4.78 is 0. The Morgan fingerprint density at radius 2 is 0.972 bits per heavy atom. The average molecular weight is 582 g/mol. The van der Waals surface area contributed by atoms with Gasteiger partial charge in [-0.05, 0) is 35.4 Å². The predicted octanol–water partition coefficient (Wildman–Crippen LogP) is 2.73. The van der Waals surface area contributed by atoms with Crippen molar-refractivity contribution in [3.63, 3.8) is 0 Å². The highest BCUT2D eigenvalue weighted by Crippen LogP contribution is 2.25. The molecule has 0 radical (unpaired) electrons. The lowest BCUT2D eigenvalue weighted by molar-refractivity contribution is -0.122. The minimum absolute atomic E-state index is 0.410. The number of aliphatic hydroxyl groups is 4. The summed E-state index contributed by atoms with van der Waals surface area (Å²) in [5.41, 5.74) is 1.74. The first kappa shape index (κ1) is 30.2. The number of halogens is 4. The van der Waals surface area contributed by atoms with Crippen molar-refractivity contribution in [2.75, 3.05) is 13.2 Å². The van der Waals surface area contributed by atoms with Crippen LogP contribution in [0.4, 0.5) is 11.4 Å². The molecule has 0 spiro atoms. The maximum absolute atomic E-state index is 11.6. The molecule has 2 aromatic rings. The van der Waals surface area contributed by atoms with Gasteiger partial charge in [-0.1, -0.05) is 70.7 Å². The highest BCUT2D eigenvalue weighted by atomic mass is 35.5. The Bertz CT molecular complexity index is 943. The summed E-state index contributed by atoms with van der Waals surface area (Å²) in [6, 6.07) is 10.5. The lowest BCUT2D eigenvalue weighted by Gasteiger charge is -2.23. The van der Waals surface area contributed by atoms with E-state index in [1.54, 1.807) is 48.5 Å². The molecule has 2 amide bonds. The smallest absolute Gasteiger partial charge is 0.253 e. The van der Waals surface area contributed by atoms with E-state index in [9.17, 15) is 30.0 Å². The molecule has 0 fully saturated rings. The lowest BCUT2D eigenvalue weighted by Crippen LogP contribution is -2.44. The number of hydrogen-bond donors (Lipinski definition) is 6. The first-order chi connectivity index (χ1) is 17.1. The number of aliphatic hydroxyl groups excluding tert-OH is 4. The van der Waals surface area contributed by atoms with Crippen molar-refractivity contribution in [1.82, 2.24) is 10.6 Å². The summed E-state index contributed by atoms with van der Waals surface area (Å²) in [7, 11) is 0. The van der Waals surface area contributed by atoms with Crippen molar-refractivity contribution in [2.45, 2.75) is 34.0 Å². The molecule has 0 aliphatic rings. The Balaban J connectivity index is 2.03. The molecule has 0 saturated carbocycles. The number of nitrogens with zero attached hydrogens (tertiary/aromatic N) is 2. The molecule has 0 heterocycles. The van der Waals surface area contributed by atoms with Crippen LogP contribution in [-0.2, 0) is 9.59 Å². The van der Waals surface area contributed by atoms with Gasteiger partial charge >= 0.3 is 0 Å². The zero-order chi connectivity index (χ0) is 26.8. The maximum atomic E-state index is 11.6. The van der Waals surface area contributed by atoms with Crippen LogP contribution in [0.3, 0.4) is 0 Å². The molecule has 0 unspecified atom stereocenters. The quantitative estimate of drug-likeness (QED) is 0.167. The molecule has 4 atom stereocenters. The fraction of sp³-hybridized carbons (Fsp3) is 0.364. The van der Waals surface area contributed by atoms with E-state index in [-0.39, 0.29) is 0 Å². The summed E-state index contributed by atoms with van der Waals surface area (Å²) in [6.07, 6.45) is -2.44. The minimum atomic E-state index is -1.34. The standard InChI is InChI=1S/C22H24Cl4N4O6/c23-19(24)21(35)27-15(9-31)17(33)11-1-5-13(6-2-11)29-30-14-7-3-12(4-8-14)18(34)16(10-32)28-22(36)20(25)26/h1-8,15-20,31-34H,9-10H2,(H,27,35)(H,28,36)/t15-,16-,17-,18-/m1/s1. The van der Waals surface area contributed by atoms with E-state index in [4.69, 9.17) is 46.4 Å². The third kappa shape index (κ3) is 8.82. The maximum Gasteiger partial charge on any atom is 0.253 e. The summed E-state index contributed by atoms with van der Waals surface area (Å²) in [4.78, 5) is 20.6. The highest BCUT2D eigenvalue weighted by molar-refractivity contribution is 6.53. The normalized spacial score (nSPS) is 15.1. The van der Waals surface area contributed by atoms with E-state index in [0.29, 0.717) is 22.5 Å². The van der Waals surface area contributed by atoms with Crippen LogP contribution >= 0.6 is 46.4 Å². The molecule has 10 nitrogen and oxygen atoms in total. The van der Waals surface area contributed by atoms with Gasteiger partial charge in [0.05, 0.1) is 36.7 Å². The van der Waals surface area contributed by atoms with Gasteiger partial charge in [0.1, 0.15) is 12.2 Å². The summed E-state index contributed by atoms with van der Waals surface area (Å²) in [5, 5.41) is 52.7. The van der Waals surface area contributed by atoms with Crippen LogP contribution in [0.5, 0.6) is 0 Å². The van der Waals surface area contributed by atoms with E-state index in [1.807, 2.05) is 0 Å². The number of amides is 2. The largest absolute Gasteiger partial charge is 0.394 e. The molecule has 0 bridgehead atoms. The van der Waals surface area contributed by atoms with Crippen LogP contribution in [0.25, 0.3) is 0 Å². The summed E-state index contributed by atoms with van der Waals surface area (Å²) in [5.74, 6) is -1.48. The summed E-state index contributed by atoms with van der Waals surface area (Å²) >= 11 is 21.9. The monoisotopic (exact) mass is 580 g/mol. The number of hydrogen-bond acceptors (Lipinski definition) is 8. The predicted molar refractivity (Wildman–Crippen MR) is 136 cm³/mol. The number of nitrogens with one attached hydrogen (secondary N) is 2. The van der Waals surface area contributed by atoms with Gasteiger partial charge in [0, 0.05) is 0 Å². The number of carbonyl (C=O) groups excluding carboxylic acids is 2. The van der Waals surface area contributed by atoms with Crippen molar-refractivity contribution in [1.29, 1.82) is 0 Å². The Labute approximate surface area is 226 Å². The molecule has 2 rings (SSSR count). The van der Waals surface area contributed by atoms with Crippen molar-refractivity contribution < 1.29 is 30.0 Å². The molecule has 0 aliphatic carbocycles. The average Bonchev–Trinajstić information content (AvgIpc) is 2.88. The van der Waals surface area contributed by atoms with Crippen molar-refractivity contribution in [3.8, 4) is 0 Å². The van der Waals surface area contributed by atoms with E-state index >= 15 is 0 Å². The third-order valence-corrected chi connectivity index (χ3v) is 5.75. The molecule has 6 N–H and O–H groups in total. The van der Waals surface area contributed by atoms with Crippen LogP contribution < -0.4 is 10.6 Å². The van der Waals surface area contributed by atoms with Gasteiger partial charge in [-0.3, -0.25) is 9.59 Å². The van der Waals surface area contributed by atoms with E-state index in [2.05, 4.69) is 20.9 Å². The van der Waals surface area contributed by atoms with Crippen LogP contribution in [0, 0.1) is 0 Å². The molecule has 0 aliphatic heterocycles. The molecular weight excluding hydrogens is 558 g/mol. The molecule has 0 saturated heterocycles. The van der Waals surface area contributed by atoms with Gasteiger partial charge in [0.15, 0.2) is 9.67 Å². The van der Waals surface area contributed by atoms with Gasteiger partial charge in [0.25, 0.3) is 11.8 Å². The fourth-order valence-electron chi connectivity index (χ4n) is 3.00. The number of alkyl halides is 4. The van der Waals surface area contributed by atoms with Crippen LogP contribution in [0.15, 0.2) is 58.8 Å². The Kier molecular flexibility index (Phi) is 12.3. The van der Waals surface area contributed by atoms with Gasteiger partial charge in [0.2, 0.25) is 0 Å². The lowest BCUT2D eigenvalue weighted by atomic mass is 10.0. The van der Waals surface area contributed by atoms with Crippen molar-refractivity contribution in [3.05, 3.63) is 59.7 Å². The minimum Gasteiger partial charge on any atom is -0.394 e. The molecule has 14 heteroatoms. The van der Waals surface area contributed by atoms with Gasteiger partial charge < -0.3 is 31.1 Å². The van der Waals surface area contributed by atoms with Crippen molar-refractivity contribution >= 4 is 69.6 Å². The van der Waals surface area contributed by atoms with Crippen LogP contribution in [-0.4, -0.2) is 67.2 Å². The SMILES string of the molecule is O=C(N[C@H](CO)[C@H](O)c1ccc(N=Nc2ccc([C@@H](O)[C@@H](CO)NC(=O)C(Cl)Cl)cc2)cc1)C(Cl)Cl. The number of rotatable bonds is 12. The Morgan fingerprint density at radius 1 is 0.667 bits per heavy atom. The first-order valence-corrected chi connectivity index (χ1v) is 12.2. The second-order valence-corrected chi connectivity index (χ2v) is 9.66. The number of azo groups is 1. The second-order valence-electron chi connectivity index (χ2n) is 7.47. The van der Waals surface area contributed by atoms with E-state index in [1.165, 1.54) is 0 Å². The highest BCUT2D eigenvalue weighted by Gasteiger charge is 2.25. The Morgan fingerprint density at radius 3 is 1.22 bits per heavy atom. The van der Waals surface area contributed by atoms with Gasteiger partial charge in [-0.15, -0.1) is 0 Å². The third-order valence-electron chi connectivity index (χ3n) is 4.96. The van der Waals surface area contributed by atoms with E-state index in [0.717, 1.165) is 0 Å². The molecule has 2 aromatic carbocycles. The topological polar surface area (TPSA) is 164 Å². The summed E-state index contributed by atoms with van der Waals surface area (Å²) in [6.45, 7) is -1.07. The molecule has 196 valence electrons. The number of carbonyl (C=O) groups is 2. The number of benzene rings is 2. The van der Waals surface area contributed by atoms with Gasteiger partial charge in [-0.2, -0.15) is 10.2 Å². The van der Waals surface area contributed by atoms with E-state index < -0.39 is 59.0 Å². The zero-order valence-electron chi connectivity index (χ0n) is 18.5. The van der Waals surface area contributed by atoms with Crippen LogP contribution in [0.2, 0.25) is 0 Å². The molecule has 0 aromatic heterocycles. The first-order valence-electron chi connectivity index (χ1n) is 10.4. The van der Waals surface area contributed by atoms with Crippen molar-refractivity contribution in [2.24, 2.45) is 10.2 Å². The zero-order valence-corrected chi connectivity index (χ0v) is 21.5. The second kappa shape index (κ2) is 14.7. The molecule has 36 heavy (non-hydrogen) atoms. The Hall–Kier alpha value is -2.02.